The lowest BCUT2D eigenvalue weighted by atomic mass is 10.0. The minimum absolute atomic E-state index is 0.0867. The molecule has 4 rings (SSSR count). The lowest BCUT2D eigenvalue weighted by Gasteiger charge is -2.31. The fourth-order valence-corrected chi connectivity index (χ4v) is 3.97. The van der Waals surface area contributed by atoms with E-state index in [1.807, 2.05) is 7.05 Å². The summed E-state index contributed by atoms with van der Waals surface area (Å²) in [5.41, 5.74) is 2.77. The first-order valence-electron chi connectivity index (χ1n) is 9.10. The van der Waals surface area contributed by atoms with Crippen LogP contribution in [0.1, 0.15) is 41.0 Å². The highest BCUT2D eigenvalue weighted by atomic mass is 19.2. The van der Waals surface area contributed by atoms with Crippen LogP contribution in [-0.4, -0.2) is 46.8 Å². The van der Waals surface area contributed by atoms with E-state index < -0.39 is 11.6 Å². The van der Waals surface area contributed by atoms with Gasteiger partial charge >= 0.3 is 0 Å². The molecular formula is C19H22F2N4O. The van der Waals surface area contributed by atoms with E-state index in [-0.39, 0.29) is 11.9 Å². The van der Waals surface area contributed by atoms with Gasteiger partial charge in [0.2, 0.25) is 0 Å². The fraction of sp³-hybridized carbons (Fsp3) is 0.474. The minimum Gasteiger partial charge on any atom is -0.337 e. The molecule has 7 heteroatoms. The Morgan fingerprint density at radius 3 is 2.73 bits per heavy atom. The highest BCUT2D eigenvalue weighted by molar-refractivity contribution is 5.94. The summed E-state index contributed by atoms with van der Waals surface area (Å²) in [5, 5.41) is 7.81. The maximum atomic E-state index is 13.7. The lowest BCUT2D eigenvalue weighted by Crippen LogP contribution is -2.44. The molecule has 0 spiro atoms. The van der Waals surface area contributed by atoms with E-state index in [4.69, 9.17) is 0 Å². The van der Waals surface area contributed by atoms with E-state index >= 15 is 0 Å². The molecule has 2 heterocycles. The number of fused-ring (bicyclic) bond motifs is 1. The van der Waals surface area contributed by atoms with Crippen LogP contribution in [0.4, 0.5) is 8.78 Å². The number of hydrogen-bond acceptors (Lipinski definition) is 3. The maximum Gasteiger partial charge on any atom is 0.274 e. The molecule has 138 valence electrons. The molecule has 1 aromatic heterocycles. The predicted octanol–water partition coefficient (Wildman–Crippen LogP) is 2.46. The van der Waals surface area contributed by atoms with Crippen LogP contribution >= 0.6 is 0 Å². The van der Waals surface area contributed by atoms with Crippen molar-refractivity contribution in [2.24, 2.45) is 0 Å². The van der Waals surface area contributed by atoms with Crippen molar-refractivity contribution in [3.05, 3.63) is 46.8 Å². The highest BCUT2D eigenvalue weighted by Gasteiger charge is 2.31. The van der Waals surface area contributed by atoms with E-state index in [9.17, 15) is 13.6 Å². The normalized spacial score (nSPS) is 17.3. The average molecular weight is 360 g/mol. The van der Waals surface area contributed by atoms with Gasteiger partial charge in [0.25, 0.3) is 5.91 Å². The molecule has 0 saturated carbocycles. The molecule has 1 saturated heterocycles. The molecule has 26 heavy (non-hydrogen) atoms. The number of halogens is 2. The SMILES string of the molecule is CN(C(=O)c1nn(-c2ccc(F)c(F)c2)c2c1CCC2)C1CCNCC1. The summed E-state index contributed by atoms with van der Waals surface area (Å²) in [7, 11) is 1.83. The van der Waals surface area contributed by atoms with Crippen LogP contribution in [0.3, 0.4) is 0 Å². The van der Waals surface area contributed by atoms with E-state index in [1.165, 1.54) is 6.07 Å². The Morgan fingerprint density at radius 1 is 1.23 bits per heavy atom. The van der Waals surface area contributed by atoms with Crippen molar-refractivity contribution in [1.82, 2.24) is 20.0 Å². The third kappa shape index (κ3) is 2.90. The number of nitrogens with one attached hydrogen (secondary N) is 1. The smallest absolute Gasteiger partial charge is 0.274 e. The molecule has 1 N–H and O–H groups in total. The molecular weight excluding hydrogens is 338 g/mol. The zero-order valence-corrected chi connectivity index (χ0v) is 14.8. The average Bonchev–Trinajstić information content (AvgIpc) is 3.26. The molecule has 1 aromatic carbocycles. The Bertz CT molecular complexity index is 842. The second kappa shape index (κ2) is 6.79. The van der Waals surface area contributed by atoms with E-state index in [0.29, 0.717) is 11.4 Å². The first-order valence-corrected chi connectivity index (χ1v) is 9.10. The van der Waals surface area contributed by atoms with Gasteiger partial charge in [0.15, 0.2) is 17.3 Å². The number of carbonyl (C=O) groups is 1. The molecule has 0 unspecified atom stereocenters. The van der Waals surface area contributed by atoms with Crippen LogP contribution in [0.5, 0.6) is 0 Å². The van der Waals surface area contributed by atoms with Crippen molar-refractivity contribution in [3.63, 3.8) is 0 Å². The first kappa shape index (κ1) is 17.1. The minimum atomic E-state index is -0.913. The van der Waals surface area contributed by atoms with Gasteiger partial charge in [-0.3, -0.25) is 4.79 Å². The Kier molecular flexibility index (Phi) is 4.48. The summed E-state index contributed by atoms with van der Waals surface area (Å²) < 4.78 is 28.5. The fourth-order valence-electron chi connectivity index (χ4n) is 3.97. The monoisotopic (exact) mass is 360 g/mol. The van der Waals surface area contributed by atoms with E-state index in [0.717, 1.165) is 68.6 Å². The van der Waals surface area contributed by atoms with Crippen LogP contribution in [0.15, 0.2) is 18.2 Å². The van der Waals surface area contributed by atoms with Crippen LogP contribution in [-0.2, 0) is 12.8 Å². The number of aromatic nitrogens is 2. The van der Waals surface area contributed by atoms with Crippen molar-refractivity contribution < 1.29 is 13.6 Å². The lowest BCUT2D eigenvalue weighted by molar-refractivity contribution is 0.0695. The van der Waals surface area contributed by atoms with Gasteiger partial charge in [-0.2, -0.15) is 5.10 Å². The first-order chi connectivity index (χ1) is 12.6. The Hall–Kier alpha value is -2.28. The topological polar surface area (TPSA) is 50.2 Å². The van der Waals surface area contributed by atoms with Crippen molar-refractivity contribution in [2.75, 3.05) is 20.1 Å². The largest absolute Gasteiger partial charge is 0.337 e. The van der Waals surface area contributed by atoms with Crippen molar-refractivity contribution >= 4 is 5.91 Å². The van der Waals surface area contributed by atoms with Crippen molar-refractivity contribution in [1.29, 1.82) is 0 Å². The summed E-state index contributed by atoms with van der Waals surface area (Å²) in [5.74, 6) is -1.89. The summed E-state index contributed by atoms with van der Waals surface area (Å²) in [6, 6.07) is 3.92. The Labute approximate surface area is 151 Å². The number of carbonyl (C=O) groups excluding carboxylic acids is 1. The third-order valence-corrected chi connectivity index (χ3v) is 5.46. The molecule has 1 amide bonds. The highest BCUT2D eigenvalue weighted by Crippen LogP contribution is 2.29. The summed E-state index contributed by atoms with van der Waals surface area (Å²) >= 11 is 0. The van der Waals surface area contributed by atoms with Crippen LogP contribution in [0.25, 0.3) is 5.69 Å². The summed E-state index contributed by atoms with van der Waals surface area (Å²) in [6.07, 6.45) is 4.36. The van der Waals surface area contributed by atoms with Gasteiger partial charge in [-0.1, -0.05) is 0 Å². The second-order valence-electron chi connectivity index (χ2n) is 7.03. The third-order valence-electron chi connectivity index (χ3n) is 5.46. The molecule has 1 aliphatic heterocycles. The van der Waals surface area contributed by atoms with Crippen LogP contribution in [0, 0.1) is 11.6 Å². The van der Waals surface area contributed by atoms with Gasteiger partial charge in [0, 0.05) is 30.4 Å². The van der Waals surface area contributed by atoms with Gasteiger partial charge in [-0.25, -0.2) is 13.5 Å². The van der Waals surface area contributed by atoms with Crippen molar-refractivity contribution in [2.45, 2.75) is 38.1 Å². The van der Waals surface area contributed by atoms with E-state index in [1.54, 1.807) is 9.58 Å². The Morgan fingerprint density at radius 2 is 2.00 bits per heavy atom. The number of rotatable bonds is 3. The number of piperidine rings is 1. The molecule has 0 bridgehead atoms. The van der Waals surface area contributed by atoms with Gasteiger partial charge in [0.05, 0.1) is 5.69 Å². The standard InChI is InChI=1S/C19H22F2N4O/c1-24(12-7-9-22-10-8-12)19(26)18-14-3-2-4-17(14)25(23-18)13-5-6-15(20)16(21)11-13/h5-6,11-12,22H,2-4,7-10H2,1H3. The molecule has 1 aliphatic carbocycles. The summed E-state index contributed by atoms with van der Waals surface area (Å²) in [4.78, 5) is 14.9. The van der Waals surface area contributed by atoms with Gasteiger partial charge in [0.1, 0.15) is 0 Å². The number of nitrogens with zero attached hydrogens (tertiary/aromatic N) is 3. The number of amides is 1. The summed E-state index contributed by atoms with van der Waals surface area (Å²) in [6.45, 7) is 1.81. The van der Waals surface area contributed by atoms with Crippen molar-refractivity contribution in [3.8, 4) is 5.69 Å². The quantitative estimate of drug-likeness (QED) is 0.915. The molecule has 1 fully saturated rings. The maximum absolute atomic E-state index is 13.7. The van der Waals surface area contributed by atoms with Crippen LogP contribution < -0.4 is 5.32 Å². The zero-order valence-electron chi connectivity index (χ0n) is 14.8. The predicted molar refractivity (Wildman–Crippen MR) is 93.5 cm³/mol. The Balaban J connectivity index is 1.69. The van der Waals surface area contributed by atoms with E-state index in [2.05, 4.69) is 10.4 Å². The molecule has 2 aliphatic rings. The second-order valence-corrected chi connectivity index (χ2v) is 7.03. The molecule has 2 aromatic rings. The number of hydrogen-bond donors (Lipinski definition) is 1. The molecule has 0 radical (unpaired) electrons. The van der Waals surface area contributed by atoms with Gasteiger partial charge in [-0.15, -0.1) is 0 Å². The molecule has 5 nitrogen and oxygen atoms in total. The number of benzene rings is 1. The van der Waals surface area contributed by atoms with Crippen LogP contribution in [0.2, 0.25) is 0 Å². The van der Waals surface area contributed by atoms with Gasteiger partial charge < -0.3 is 10.2 Å². The molecule has 0 atom stereocenters. The zero-order chi connectivity index (χ0) is 18.3. The van der Waals surface area contributed by atoms with Gasteiger partial charge in [-0.05, 0) is 57.3 Å².